The molecule has 0 spiro atoms. The summed E-state index contributed by atoms with van der Waals surface area (Å²) in [5.41, 5.74) is 3.43. The fourth-order valence-corrected chi connectivity index (χ4v) is 4.12. The number of carbonyl (C=O) groups excluding carboxylic acids is 1. The van der Waals surface area contributed by atoms with Gasteiger partial charge in [-0.15, -0.1) is 0 Å². The van der Waals surface area contributed by atoms with Gasteiger partial charge < -0.3 is 19.5 Å². The highest BCUT2D eigenvalue weighted by molar-refractivity contribution is 5.73. The fourth-order valence-electron chi connectivity index (χ4n) is 4.12. The maximum atomic E-state index is 12.1. The smallest absolute Gasteiger partial charge is 0.343 e. The molecule has 2 unspecified atom stereocenters. The molecule has 2 aromatic carbocycles. The molecule has 1 fully saturated rings. The number of aliphatic hydroxyl groups excluding tert-OH is 1. The minimum Gasteiger partial charge on any atom is -0.497 e. The van der Waals surface area contributed by atoms with E-state index in [1.54, 1.807) is 14.2 Å². The van der Waals surface area contributed by atoms with Crippen LogP contribution in [0.3, 0.4) is 0 Å². The summed E-state index contributed by atoms with van der Waals surface area (Å²) >= 11 is 0. The molecule has 3 aromatic rings. The first-order valence-corrected chi connectivity index (χ1v) is 10.7. The Morgan fingerprint density at radius 2 is 1.67 bits per heavy atom. The summed E-state index contributed by atoms with van der Waals surface area (Å²) in [4.78, 5) is 13.5. The molecule has 33 heavy (non-hydrogen) atoms. The number of nitrogens with zero attached hydrogens (tertiary/aromatic N) is 4. The molecule has 9 nitrogen and oxygen atoms in total. The number of likely N-dealkylation sites (tertiary alicyclic amines) is 1. The summed E-state index contributed by atoms with van der Waals surface area (Å²) in [7, 11) is 4.52. The van der Waals surface area contributed by atoms with Gasteiger partial charge in [-0.3, -0.25) is 5.21 Å². The molecule has 0 bridgehead atoms. The molecular weight excluding hydrogens is 424 g/mol. The number of hydroxylamine groups is 2. The van der Waals surface area contributed by atoms with Crippen LogP contribution in [0.15, 0.2) is 54.6 Å². The van der Waals surface area contributed by atoms with Crippen molar-refractivity contribution in [2.45, 2.75) is 18.4 Å². The van der Waals surface area contributed by atoms with Crippen molar-refractivity contribution < 1.29 is 24.6 Å². The van der Waals surface area contributed by atoms with Crippen molar-refractivity contribution in [3.05, 3.63) is 60.3 Å². The van der Waals surface area contributed by atoms with Gasteiger partial charge in [-0.05, 0) is 61.0 Å². The van der Waals surface area contributed by atoms with Crippen molar-refractivity contribution >= 4 is 6.03 Å². The van der Waals surface area contributed by atoms with Crippen molar-refractivity contribution in [3.63, 3.8) is 0 Å². The molecule has 2 heterocycles. The van der Waals surface area contributed by atoms with E-state index in [-0.39, 0.29) is 12.5 Å². The van der Waals surface area contributed by atoms with Crippen molar-refractivity contribution in [1.29, 1.82) is 0 Å². The summed E-state index contributed by atoms with van der Waals surface area (Å²) < 4.78 is 12.4. The molecule has 1 saturated heterocycles. The molecule has 0 saturated carbocycles. The Kier molecular flexibility index (Phi) is 6.52. The molecule has 9 heteroatoms. The predicted molar refractivity (Wildman–Crippen MR) is 122 cm³/mol. The summed E-state index contributed by atoms with van der Waals surface area (Å²) in [6.45, 7) is 0.542. The number of amides is 2. The maximum Gasteiger partial charge on any atom is 0.343 e. The largest absolute Gasteiger partial charge is 0.497 e. The van der Waals surface area contributed by atoms with E-state index in [9.17, 15) is 15.1 Å². The van der Waals surface area contributed by atoms with Gasteiger partial charge in [0.15, 0.2) is 0 Å². The third-order valence-electron chi connectivity index (χ3n) is 5.94. The molecule has 1 aliphatic heterocycles. The molecule has 2 atom stereocenters. The Bertz CT molecular complexity index is 1030. The van der Waals surface area contributed by atoms with E-state index in [1.165, 1.54) is 11.9 Å². The first-order valence-electron chi connectivity index (χ1n) is 10.7. The van der Waals surface area contributed by atoms with E-state index in [1.807, 2.05) is 59.3 Å². The summed E-state index contributed by atoms with van der Waals surface area (Å²) in [6, 6.07) is 16.8. The summed E-state index contributed by atoms with van der Waals surface area (Å²) in [5.74, 6) is 1.27. The number of hydrogen-bond acceptors (Lipinski definition) is 6. The van der Waals surface area contributed by atoms with Gasteiger partial charge in [-0.25, -0.2) is 14.5 Å². The molecule has 2 N–H and O–H groups in total. The van der Waals surface area contributed by atoms with Crippen LogP contribution in [-0.2, 0) is 0 Å². The van der Waals surface area contributed by atoms with Gasteiger partial charge in [0.1, 0.15) is 11.5 Å². The third-order valence-corrected chi connectivity index (χ3v) is 5.94. The molecule has 174 valence electrons. The molecule has 0 aliphatic carbocycles. The Balaban J connectivity index is 1.69. The van der Waals surface area contributed by atoms with Crippen molar-refractivity contribution in [2.24, 2.45) is 0 Å². The van der Waals surface area contributed by atoms with Crippen LogP contribution in [-0.4, -0.2) is 76.5 Å². The number of aromatic nitrogens is 2. The number of aliphatic hydroxyl groups is 1. The minimum atomic E-state index is -0.800. The van der Waals surface area contributed by atoms with Gasteiger partial charge in [0.2, 0.25) is 0 Å². The quantitative estimate of drug-likeness (QED) is 0.456. The van der Waals surface area contributed by atoms with Crippen LogP contribution < -0.4 is 9.47 Å². The van der Waals surface area contributed by atoms with Gasteiger partial charge >= 0.3 is 6.03 Å². The molecule has 0 radical (unpaired) electrons. The van der Waals surface area contributed by atoms with Gasteiger partial charge in [0, 0.05) is 31.6 Å². The van der Waals surface area contributed by atoms with E-state index in [4.69, 9.17) is 14.6 Å². The highest BCUT2D eigenvalue weighted by Crippen LogP contribution is 2.33. The zero-order valence-electron chi connectivity index (χ0n) is 18.9. The topological polar surface area (TPSA) is 100 Å². The lowest BCUT2D eigenvalue weighted by Gasteiger charge is -2.35. The van der Waals surface area contributed by atoms with Gasteiger partial charge in [0.05, 0.1) is 37.4 Å². The zero-order valence-corrected chi connectivity index (χ0v) is 18.9. The highest BCUT2D eigenvalue weighted by Gasteiger charge is 2.34. The lowest BCUT2D eigenvalue weighted by molar-refractivity contribution is -0.0436. The standard InChI is InChI=1S/C24H28N4O5/c1-26(31)24(30)27-13-12-20(23(29)15-27)21-14-22(16-4-8-18(32-2)9-5-16)28(25-21)17-6-10-19(33-3)11-7-17/h4-11,14,20,23,29,31H,12-13,15H2,1-3H3. The molecular formula is C24H28N4O5. The van der Waals surface area contributed by atoms with Crippen LogP contribution in [0.1, 0.15) is 18.0 Å². The third kappa shape index (κ3) is 4.64. The highest BCUT2D eigenvalue weighted by atomic mass is 16.5. The van der Waals surface area contributed by atoms with Crippen molar-refractivity contribution in [3.8, 4) is 28.4 Å². The summed E-state index contributed by atoms with van der Waals surface area (Å²) in [6.07, 6.45) is -0.270. The number of ether oxygens (including phenoxy) is 2. The Labute approximate surface area is 192 Å². The fraction of sp³-hybridized carbons (Fsp3) is 0.333. The second-order valence-electron chi connectivity index (χ2n) is 8.01. The second-order valence-corrected chi connectivity index (χ2v) is 8.01. The van der Waals surface area contributed by atoms with E-state index in [0.29, 0.717) is 18.0 Å². The van der Waals surface area contributed by atoms with Crippen LogP contribution in [0.4, 0.5) is 4.79 Å². The van der Waals surface area contributed by atoms with E-state index >= 15 is 0 Å². The van der Waals surface area contributed by atoms with E-state index in [2.05, 4.69) is 0 Å². The average molecular weight is 453 g/mol. The number of urea groups is 1. The maximum absolute atomic E-state index is 12.1. The number of methoxy groups -OCH3 is 2. The van der Waals surface area contributed by atoms with Crippen LogP contribution in [0.25, 0.3) is 16.9 Å². The lowest BCUT2D eigenvalue weighted by atomic mass is 9.90. The first-order chi connectivity index (χ1) is 15.9. The van der Waals surface area contributed by atoms with Crippen LogP contribution in [0, 0.1) is 0 Å². The van der Waals surface area contributed by atoms with Gasteiger partial charge in [-0.2, -0.15) is 5.10 Å². The van der Waals surface area contributed by atoms with Gasteiger partial charge in [0.25, 0.3) is 0 Å². The number of rotatable bonds is 5. The number of hydrogen-bond donors (Lipinski definition) is 2. The van der Waals surface area contributed by atoms with Gasteiger partial charge in [-0.1, -0.05) is 0 Å². The monoisotopic (exact) mass is 452 g/mol. The number of benzene rings is 2. The molecule has 2 amide bonds. The van der Waals surface area contributed by atoms with Crippen LogP contribution >= 0.6 is 0 Å². The first kappa shape index (κ1) is 22.6. The van der Waals surface area contributed by atoms with E-state index < -0.39 is 12.1 Å². The molecule has 4 rings (SSSR count). The number of piperidine rings is 1. The Hall–Kier alpha value is -3.56. The van der Waals surface area contributed by atoms with Crippen molar-refractivity contribution in [1.82, 2.24) is 19.7 Å². The normalized spacial score (nSPS) is 18.2. The predicted octanol–water partition coefficient (Wildman–Crippen LogP) is 3.15. The van der Waals surface area contributed by atoms with Crippen LogP contribution in [0.2, 0.25) is 0 Å². The second kappa shape index (κ2) is 9.51. The Morgan fingerprint density at radius 3 is 2.21 bits per heavy atom. The summed E-state index contributed by atoms with van der Waals surface area (Å²) in [5, 5.41) is 25.7. The SMILES string of the molecule is COc1ccc(-c2cc(C3CCN(C(=O)N(C)O)CC3O)nn2-c2ccc(OC)cc2)cc1. The Morgan fingerprint density at radius 1 is 1.06 bits per heavy atom. The zero-order chi connectivity index (χ0) is 23.5. The number of β-amino-alcohol motifs (C(OH)–C–C–N with tert-alkyl or cyclic N) is 1. The van der Waals surface area contributed by atoms with Crippen molar-refractivity contribution in [2.75, 3.05) is 34.4 Å². The molecule has 1 aromatic heterocycles. The van der Waals surface area contributed by atoms with Crippen LogP contribution in [0.5, 0.6) is 11.5 Å². The lowest BCUT2D eigenvalue weighted by Crippen LogP contribution is -2.49. The van der Waals surface area contributed by atoms with E-state index in [0.717, 1.165) is 34.1 Å². The minimum absolute atomic E-state index is 0.127. The molecule has 1 aliphatic rings. The number of carbonyl (C=O) groups is 1. The average Bonchev–Trinajstić information content (AvgIpc) is 3.28.